The average Bonchev–Trinajstić information content (AvgIpc) is 2.55. The number of aliphatic hydroxyl groups is 1. The highest BCUT2D eigenvalue weighted by Crippen LogP contribution is 2.32. The summed E-state index contributed by atoms with van der Waals surface area (Å²) in [7, 11) is 0. The molecular formula is C18H24N2O. The highest BCUT2D eigenvalue weighted by Gasteiger charge is 2.33. The first-order valence-electron chi connectivity index (χ1n) is 7.91. The fourth-order valence-electron chi connectivity index (χ4n) is 3.30. The van der Waals surface area contributed by atoms with Crippen LogP contribution in [0.15, 0.2) is 36.5 Å². The normalized spacial score (nSPS) is 26.1. The van der Waals surface area contributed by atoms with Crippen LogP contribution in [-0.2, 0) is 6.54 Å². The highest BCUT2D eigenvalue weighted by atomic mass is 16.3. The highest BCUT2D eigenvalue weighted by molar-refractivity contribution is 5.81. The molecule has 3 rings (SSSR count). The Hall–Kier alpha value is -1.45. The first-order chi connectivity index (χ1) is 10.2. The van der Waals surface area contributed by atoms with Crippen LogP contribution >= 0.6 is 0 Å². The van der Waals surface area contributed by atoms with E-state index in [2.05, 4.69) is 35.4 Å². The lowest BCUT2D eigenvalue weighted by Gasteiger charge is -2.39. The molecule has 3 nitrogen and oxygen atoms in total. The second-order valence-electron chi connectivity index (χ2n) is 6.46. The first-order valence-corrected chi connectivity index (χ1v) is 7.91. The SMILES string of the molecule is CC1CCC(CO)(NCc2ccnc3ccccc23)CC1. The van der Waals surface area contributed by atoms with E-state index in [-0.39, 0.29) is 12.1 Å². The molecule has 1 aromatic heterocycles. The third-order valence-corrected chi connectivity index (χ3v) is 4.93. The summed E-state index contributed by atoms with van der Waals surface area (Å²) >= 11 is 0. The third kappa shape index (κ3) is 3.09. The van der Waals surface area contributed by atoms with Crippen molar-refractivity contribution in [1.29, 1.82) is 0 Å². The van der Waals surface area contributed by atoms with Crippen LogP contribution in [0.3, 0.4) is 0 Å². The maximum absolute atomic E-state index is 9.84. The molecule has 1 fully saturated rings. The molecule has 1 aromatic carbocycles. The molecule has 1 aliphatic carbocycles. The van der Waals surface area contributed by atoms with Gasteiger partial charge >= 0.3 is 0 Å². The smallest absolute Gasteiger partial charge is 0.0705 e. The maximum atomic E-state index is 9.84. The number of hydrogen-bond donors (Lipinski definition) is 2. The average molecular weight is 284 g/mol. The van der Waals surface area contributed by atoms with Crippen LogP contribution in [0.1, 0.15) is 38.2 Å². The van der Waals surface area contributed by atoms with Gasteiger partial charge in [0, 0.05) is 23.7 Å². The second kappa shape index (κ2) is 6.12. The largest absolute Gasteiger partial charge is 0.394 e. The molecule has 112 valence electrons. The summed E-state index contributed by atoms with van der Waals surface area (Å²) < 4.78 is 0. The van der Waals surface area contributed by atoms with Gasteiger partial charge < -0.3 is 10.4 Å². The number of aliphatic hydroxyl groups excluding tert-OH is 1. The predicted octanol–water partition coefficient (Wildman–Crippen LogP) is 3.27. The standard InChI is InChI=1S/C18H24N2O/c1-14-6-9-18(13-21,10-7-14)20-12-15-8-11-19-17-5-3-2-4-16(15)17/h2-5,8,11,14,20-21H,6-7,9-10,12-13H2,1H3. The van der Waals surface area contributed by atoms with Gasteiger partial charge in [-0.15, -0.1) is 0 Å². The Morgan fingerprint density at radius 2 is 2.00 bits per heavy atom. The Balaban J connectivity index is 1.76. The maximum Gasteiger partial charge on any atom is 0.0705 e. The molecule has 2 N–H and O–H groups in total. The topological polar surface area (TPSA) is 45.1 Å². The third-order valence-electron chi connectivity index (χ3n) is 4.93. The van der Waals surface area contributed by atoms with Crippen LogP contribution in [0.2, 0.25) is 0 Å². The van der Waals surface area contributed by atoms with Gasteiger partial charge in [0.05, 0.1) is 12.1 Å². The molecule has 0 atom stereocenters. The minimum atomic E-state index is -0.100. The van der Waals surface area contributed by atoms with Crippen molar-refractivity contribution in [3.8, 4) is 0 Å². The number of aromatic nitrogens is 1. The molecule has 0 saturated heterocycles. The Kier molecular flexibility index (Phi) is 4.22. The van der Waals surface area contributed by atoms with E-state index < -0.39 is 0 Å². The van der Waals surface area contributed by atoms with Crippen molar-refractivity contribution >= 4 is 10.9 Å². The fourth-order valence-corrected chi connectivity index (χ4v) is 3.30. The van der Waals surface area contributed by atoms with Crippen molar-refractivity contribution in [2.45, 2.75) is 44.7 Å². The lowest BCUT2D eigenvalue weighted by Crippen LogP contribution is -2.50. The summed E-state index contributed by atoms with van der Waals surface area (Å²) in [6.45, 7) is 3.32. The van der Waals surface area contributed by atoms with E-state index in [1.807, 2.05) is 18.3 Å². The van der Waals surface area contributed by atoms with Gasteiger partial charge in [-0.05, 0) is 49.3 Å². The summed E-state index contributed by atoms with van der Waals surface area (Å²) in [6.07, 6.45) is 6.39. The van der Waals surface area contributed by atoms with E-state index in [1.54, 1.807) is 0 Å². The number of nitrogens with zero attached hydrogens (tertiary/aromatic N) is 1. The Labute approximate surface area is 126 Å². The number of nitrogens with one attached hydrogen (secondary N) is 1. The molecule has 3 heteroatoms. The zero-order valence-corrected chi connectivity index (χ0v) is 12.7. The molecule has 2 aromatic rings. The summed E-state index contributed by atoms with van der Waals surface area (Å²) in [4.78, 5) is 4.41. The van der Waals surface area contributed by atoms with Crippen LogP contribution in [0.25, 0.3) is 10.9 Å². The van der Waals surface area contributed by atoms with E-state index in [4.69, 9.17) is 0 Å². The van der Waals surface area contributed by atoms with Crippen molar-refractivity contribution in [1.82, 2.24) is 10.3 Å². The summed E-state index contributed by atoms with van der Waals surface area (Å²) in [6, 6.07) is 10.3. The molecule has 1 aliphatic rings. The lowest BCUT2D eigenvalue weighted by molar-refractivity contribution is 0.104. The zero-order valence-electron chi connectivity index (χ0n) is 12.7. The van der Waals surface area contributed by atoms with Gasteiger partial charge in [0.15, 0.2) is 0 Å². The predicted molar refractivity (Wildman–Crippen MR) is 86.0 cm³/mol. The second-order valence-corrected chi connectivity index (χ2v) is 6.46. The number of hydrogen-bond acceptors (Lipinski definition) is 3. The van der Waals surface area contributed by atoms with Crippen LogP contribution in [0.4, 0.5) is 0 Å². The van der Waals surface area contributed by atoms with Crippen molar-refractivity contribution in [2.24, 2.45) is 5.92 Å². The molecule has 0 aliphatic heterocycles. The van der Waals surface area contributed by atoms with E-state index in [9.17, 15) is 5.11 Å². The van der Waals surface area contributed by atoms with Crippen molar-refractivity contribution < 1.29 is 5.11 Å². The monoisotopic (exact) mass is 284 g/mol. The van der Waals surface area contributed by atoms with E-state index in [1.165, 1.54) is 23.8 Å². The fraction of sp³-hybridized carbons (Fsp3) is 0.500. The van der Waals surface area contributed by atoms with Gasteiger partial charge in [-0.2, -0.15) is 0 Å². The number of fused-ring (bicyclic) bond motifs is 1. The van der Waals surface area contributed by atoms with Crippen LogP contribution in [0, 0.1) is 5.92 Å². The van der Waals surface area contributed by atoms with E-state index in [0.29, 0.717) is 0 Å². The number of benzene rings is 1. The van der Waals surface area contributed by atoms with Crippen LogP contribution in [-0.4, -0.2) is 22.2 Å². The number of pyridine rings is 1. The van der Waals surface area contributed by atoms with Crippen molar-refractivity contribution in [3.05, 3.63) is 42.1 Å². The van der Waals surface area contributed by atoms with Gasteiger partial charge in [0.25, 0.3) is 0 Å². The molecular weight excluding hydrogens is 260 g/mol. The molecule has 0 spiro atoms. The van der Waals surface area contributed by atoms with Crippen LogP contribution < -0.4 is 5.32 Å². The first kappa shape index (κ1) is 14.5. The molecule has 1 saturated carbocycles. The molecule has 1 heterocycles. The van der Waals surface area contributed by atoms with Crippen LogP contribution in [0.5, 0.6) is 0 Å². The molecule has 21 heavy (non-hydrogen) atoms. The molecule has 0 unspecified atom stereocenters. The molecule has 0 bridgehead atoms. The van der Waals surface area contributed by atoms with E-state index >= 15 is 0 Å². The van der Waals surface area contributed by atoms with Gasteiger partial charge in [0.2, 0.25) is 0 Å². The van der Waals surface area contributed by atoms with Crippen molar-refractivity contribution in [2.75, 3.05) is 6.61 Å². The quantitative estimate of drug-likeness (QED) is 0.905. The summed E-state index contributed by atoms with van der Waals surface area (Å²) in [5, 5.41) is 14.7. The Morgan fingerprint density at radius 3 is 2.76 bits per heavy atom. The summed E-state index contributed by atoms with van der Waals surface area (Å²) in [5.74, 6) is 0.785. The Bertz CT molecular complexity index is 598. The molecule has 0 radical (unpaired) electrons. The lowest BCUT2D eigenvalue weighted by atomic mass is 9.77. The summed E-state index contributed by atoms with van der Waals surface area (Å²) in [5.41, 5.74) is 2.19. The number of para-hydroxylation sites is 1. The minimum Gasteiger partial charge on any atom is -0.394 e. The number of rotatable bonds is 4. The zero-order chi connectivity index (χ0) is 14.7. The van der Waals surface area contributed by atoms with Gasteiger partial charge in [-0.3, -0.25) is 4.98 Å². The van der Waals surface area contributed by atoms with Gasteiger partial charge in [-0.25, -0.2) is 0 Å². The van der Waals surface area contributed by atoms with E-state index in [0.717, 1.165) is 30.8 Å². The van der Waals surface area contributed by atoms with Crippen molar-refractivity contribution in [3.63, 3.8) is 0 Å². The van der Waals surface area contributed by atoms with Gasteiger partial charge in [-0.1, -0.05) is 25.1 Å². The molecule has 0 amide bonds. The minimum absolute atomic E-state index is 0.100. The van der Waals surface area contributed by atoms with Gasteiger partial charge in [0.1, 0.15) is 0 Å². The Morgan fingerprint density at radius 1 is 1.24 bits per heavy atom.